The molecule has 2 aliphatic heterocycles. The maximum absolute atomic E-state index is 14.1. The van der Waals surface area contributed by atoms with Crippen molar-refractivity contribution in [3.8, 4) is 0 Å². The quantitative estimate of drug-likeness (QED) is 0.00949. The summed E-state index contributed by atoms with van der Waals surface area (Å²) in [6.45, 7) is 12.7. The van der Waals surface area contributed by atoms with Gasteiger partial charge in [-0.2, -0.15) is 9.81 Å². The fourth-order valence-corrected chi connectivity index (χ4v) is 13.2. The second-order valence-corrected chi connectivity index (χ2v) is 30.2. The van der Waals surface area contributed by atoms with Gasteiger partial charge in [-0.1, -0.05) is 62.3 Å². The van der Waals surface area contributed by atoms with E-state index in [-0.39, 0.29) is 119 Å². The number of hydrogen-bond acceptors (Lipinski definition) is 28. The van der Waals surface area contributed by atoms with Gasteiger partial charge in [0.1, 0.15) is 54.4 Å². The number of guanidine groups is 1. The molecule has 2 saturated heterocycles. The van der Waals surface area contributed by atoms with E-state index in [1.807, 2.05) is 27.7 Å². The summed E-state index contributed by atoms with van der Waals surface area (Å²) in [7, 11) is 1.97. The first-order chi connectivity index (χ1) is 52.6. The third-order valence-corrected chi connectivity index (χ3v) is 20.5. The number of benzene rings is 1. The van der Waals surface area contributed by atoms with E-state index in [1.54, 1.807) is 44.2 Å². The second kappa shape index (κ2) is 51.9. The first kappa shape index (κ1) is 95.8. The predicted octanol–water partition coefficient (Wildman–Crippen LogP) is -6.37. The Hall–Kier alpha value is -9.41. The van der Waals surface area contributed by atoms with Gasteiger partial charge in [0.05, 0.1) is 64.7 Å². The van der Waals surface area contributed by atoms with Crippen LogP contribution in [0.4, 0.5) is 0 Å². The summed E-state index contributed by atoms with van der Waals surface area (Å²) in [6, 6.07) is -3.37. The van der Waals surface area contributed by atoms with Crippen molar-refractivity contribution in [3.63, 3.8) is 0 Å². The maximum Gasteiger partial charge on any atom is 0.305 e. The van der Waals surface area contributed by atoms with Gasteiger partial charge in [-0.15, -0.1) is 11.8 Å². The lowest BCUT2D eigenvalue weighted by Gasteiger charge is -2.32. The van der Waals surface area contributed by atoms with Crippen LogP contribution in [-0.2, 0) is 87.8 Å². The highest BCUT2D eigenvalue weighted by molar-refractivity contribution is 8.76. The number of carboxylic acid groups (broad SMARTS) is 2. The van der Waals surface area contributed by atoms with E-state index in [4.69, 9.17) is 20.9 Å². The third-order valence-electron chi connectivity index (χ3n) is 17.1. The molecule has 2 unspecified atom stereocenters. The summed E-state index contributed by atoms with van der Waals surface area (Å²) in [5.41, 5.74) is 10.4. The molecule has 0 bridgehead atoms. The average Bonchev–Trinajstić information content (AvgIpc) is 1.83. The average molecular weight is 1630 g/mol. The molecular formula is C66H107N21O21S3. The minimum Gasteiger partial charge on any atom is -0.481 e. The summed E-state index contributed by atoms with van der Waals surface area (Å²) >= 11 is 0.850. The van der Waals surface area contributed by atoms with Crippen LogP contribution in [0.5, 0.6) is 0 Å². The molecule has 1 aromatic carbocycles. The van der Waals surface area contributed by atoms with E-state index >= 15 is 0 Å². The standard InChI is InChI=1S/C66H107N21O21S3/c1-39(85-105)65(3,4)76-18-23-87(24-19-77-66(5,6)40(2)86-106)22-17-69-49(88)14-15-50(89)70-20-25-107-27-28-108-26-21-71-51(90)32-74-58(99)47-36-110-111-37-48(63(104)81-43(59(100)83-47)29-41-11-8-7-9-12-41)84-61(102)45(31-56(96)97)79-53(92)34-75-57(98)42(13-10-16-72-64(67)68)80-62(103)46-35-109-38-54(93)73-33-52(91)78-44(30-55(94)95)60(101)82-46/h7-9,11-12,39-40,42-48,76-77H,10,13-38H2,1-6H3,(H,69,88)(H,70,89)(H,71,90)(H,73,93)(H,74,99)(H,75,98)(H,78,91)(H,79,92)(H,80,103)(H,81,104)(H,82,101)(H,83,100)(H,84,102)(H,94,95)(H,96,97)(H4,67,68,72)/t39?,40?,42-,43-,44-,45-,46-,47-,48-/m0/s1. The first-order valence-corrected chi connectivity index (χ1v) is 39.4. The Morgan fingerprint density at radius 2 is 1.16 bits per heavy atom. The summed E-state index contributed by atoms with van der Waals surface area (Å²) in [5.74, 6) is -15.1. The molecule has 0 aromatic heterocycles. The third kappa shape index (κ3) is 40.4. The number of rotatable bonds is 48. The van der Waals surface area contributed by atoms with Crippen LogP contribution in [0.1, 0.15) is 85.6 Å². The van der Waals surface area contributed by atoms with Crippen LogP contribution in [0.2, 0.25) is 0 Å². The number of nitrogens with one attached hydrogen (secondary N) is 15. The van der Waals surface area contributed by atoms with Gasteiger partial charge in [-0.05, 0) is 59.9 Å². The number of nitrogens with two attached hydrogens (primary N) is 2. The normalized spacial score (nSPS) is 18.4. The highest BCUT2D eigenvalue weighted by atomic mass is 33.1. The number of nitrogens with zero attached hydrogens (tertiary/aromatic N) is 4. The molecular weight excluding hydrogens is 1520 g/mol. The smallest absolute Gasteiger partial charge is 0.305 e. The summed E-state index contributed by atoms with van der Waals surface area (Å²) in [5, 5.41) is 64.3. The topological polar surface area (TPSA) is 622 Å². The molecule has 3 rings (SSSR count). The molecule has 21 N–H and O–H groups in total. The van der Waals surface area contributed by atoms with Crippen molar-refractivity contribution in [1.29, 1.82) is 0 Å². The van der Waals surface area contributed by atoms with Crippen molar-refractivity contribution < 1.29 is 91.6 Å². The lowest BCUT2D eigenvalue weighted by atomic mass is 9.97. The van der Waals surface area contributed by atoms with Crippen LogP contribution in [-0.4, -0.2) is 303 Å². The van der Waals surface area contributed by atoms with Gasteiger partial charge < -0.3 is 111 Å². The molecule has 2 fully saturated rings. The Balaban J connectivity index is 1.51. The van der Waals surface area contributed by atoms with Gasteiger partial charge in [0.25, 0.3) is 0 Å². The van der Waals surface area contributed by atoms with Crippen molar-refractivity contribution >= 4 is 128 Å². The number of hydrogen-bond donors (Lipinski definition) is 19. The number of carbonyl (C=O) groups is 15. The lowest BCUT2D eigenvalue weighted by molar-refractivity contribution is -0.141. The molecule has 0 saturated carbocycles. The second-order valence-electron chi connectivity index (χ2n) is 26.7. The van der Waals surface area contributed by atoms with Gasteiger partial charge >= 0.3 is 11.9 Å². The Labute approximate surface area is 653 Å². The number of thioether (sulfide) groups is 1. The molecule has 0 aliphatic carbocycles. The lowest BCUT2D eigenvalue weighted by Crippen LogP contribution is -2.60. The zero-order valence-electron chi connectivity index (χ0n) is 63.0. The number of aliphatic carboxylic acids is 2. The summed E-state index contributed by atoms with van der Waals surface area (Å²) in [4.78, 5) is 225. The number of nitroso groups, excluding NO2 is 2. The van der Waals surface area contributed by atoms with Crippen LogP contribution in [0.25, 0.3) is 0 Å². The van der Waals surface area contributed by atoms with Crippen molar-refractivity contribution in [2.45, 2.75) is 152 Å². The van der Waals surface area contributed by atoms with Crippen LogP contribution in [0.3, 0.4) is 0 Å². The summed E-state index contributed by atoms with van der Waals surface area (Å²) < 4.78 is 11.0. The van der Waals surface area contributed by atoms with Crippen molar-refractivity contribution in [3.05, 3.63) is 45.7 Å². The predicted molar refractivity (Wildman–Crippen MR) is 410 cm³/mol. The van der Waals surface area contributed by atoms with Gasteiger partial charge in [0.2, 0.25) is 76.8 Å². The molecule has 0 radical (unpaired) electrons. The van der Waals surface area contributed by atoms with Crippen LogP contribution in [0.15, 0.2) is 45.7 Å². The highest BCUT2D eigenvalue weighted by Gasteiger charge is 2.36. The molecule has 2 aliphatic rings. The largest absolute Gasteiger partial charge is 0.481 e. The van der Waals surface area contributed by atoms with Gasteiger partial charge in [0.15, 0.2) is 5.96 Å². The zero-order chi connectivity index (χ0) is 82.5. The molecule has 1 aromatic rings. The van der Waals surface area contributed by atoms with Crippen molar-refractivity contribution in [2.24, 2.45) is 26.8 Å². The van der Waals surface area contributed by atoms with E-state index in [1.165, 1.54) is 0 Å². The number of carboxylic acids is 2. The van der Waals surface area contributed by atoms with Gasteiger partial charge in [-0.25, -0.2) is 0 Å². The summed E-state index contributed by atoms with van der Waals surface area (Å²) in [6.07, 6.45) is -2.37. The van der Waals surface area contributed by atoms with Gasteiger partial charge in [-0.3, -0.25) is 81.8 Å². The number of ether oxygens (including phenoxy) is 2. The van der Waals surface area contributed by atoms with Crippen molar-refractivity contribution in [1.82, 2.24) is 84.7 Å². The number of carbonyl (C=O) groups excluding carboxylic acids is 13. The Morgan fingerprint density at radius 3 is 1.75 bits per heavy atom. The highest BCUT2D eigenvalue weighted by Crippen LogP contribution is 2.24. The minimum absolute atomic E-state index is 0.0304. The minimum atomic E-state index is -1.90. The molecule has 2 heterocycles. The molecule has 620 valence electrons. The van der Waals surface area contributed by atoms with Crippen LogP contribution in [0, 0.1) is 9.81 Å². The van der Waals surface area contributed by atoms with E-state index in [0.717, 1.165) is 33.3 Å². The first-order valence-electron chi connectivity index (χ1n) is 35.7. The molecule has 42 nitrogen and oxygen atoms in total. The number of amides is 13. The van der Waals surface area contributed by atoms with E-state index < -0.39 is 175 Å². The maximum atomic E-state index is 14.1. The monoisotopic (exact) mass is 1630 g/mol. The zero-order valence-corrected chi connectivity index (χ0v) is 65.4. The molecule has 111 heavy (non-hydrogen) atoms. The fraction of sp³-hybridized carbons (Fsp3) is 0.667. The molecule has 13 amide bonds. The molecule has 0 spiro atoms. The Morgan fingerprint density at radius 1 is 0.604 bits per heavy atom. The molecule has 9 atom stereocenters. The Bertz CT molecular complexity index is 3300. The Kier molecular flexibility index (Phi) is 44.8. The van der Waals surface area contributed by atoms with E-state index in [0.29, 0.717) is 44.8 Å². The van der Waals surface area contributed by atoms with Crippen LogP contribution >= 0.6 is 33.3 Å². The number of aliphatic imine (C=N–C) groups is 1. The fourth-order valence-electron chi connectivity index (χ4n) is 9.95. The van der Waals surface area contributed by atoms with Gasteiger partial charge in [0, 0.05) is 107 Å². The van der Waals surface area contributed by atoms with E-state index in [2.05, 4.69) is 100.0 Å². The van der Waals surface area contributed by atoms with E-state index in [9.17, 15) is 91.9 Å². The van der Waals surface area contributed by atoms with Crippen molar-refractivity contribution in [2.75, 3.05) is 128 Å². The van der Waals surface area contributed by atoms with Crippen LogP contribution < -0.4 is 91.2 Å². The SMILES string of the molecule is CC(N=O)C(C)(C)NCCN(CCNC(=O)CCC(=O)NCCOCCOCCNC(=O)CNC(=O)[C@@H]1CSSC[C@H](NC(=O)[C@H](CC(=O)O)NC(=O)CNC(=O)[C@H](CCCN=C(N)N)NC(=O)[C@@H]2CSCC(=O)NCC(=O)N[C@@H](CC(=O)O)C(=O)N2)C(=O)N[C@@H](Cc2ccccc2)C(=O)N1)CCNC(C)(C)C(C)N=O. The molecule has 45 heteroatoms.